The first-order valence-corrected chi connectivity index (χ1v) is 15.4. The number of rotatable bonds is 4. The van der Waals surface area contributed by atoms with Gasteiger partial charge < -0.3 is 9.99 Å². The van der Waals surface area contributed by atoms with Crippen molar-refractivity contribution in [3.8, 4) is 39.1 Å². The maximum atomic E-state index is 4.53. The molecule has 0 radical (unpaired) electrons. The molecule has 1 aliphatic rings. The maximum Gasteiger partial charge on any atom is 0.0593 e. The third kappa shape index (κ3) is 4.24. The number of nitrogens with one attached hydrogen (secondary N) is 1. The second kappa shape index (κ2) is 10.4. The minimum Gasteiger partial charge on any atom is -0.309 e. The monoisotopic (exact) mass is 575 g/mol. The Kier molecular flexibility index (Phi) is 5.88. The molecule has 0 spiro atoms. The number of para-hydroxylation sites is 1. The number of hydrazone groups is 1. The number of fused-ring (bicyclic) bond motifs is 5. The Morgan fingerprint density at radius 2 is 1.09 bits per heavy atom. The molecular formula is C42H29N3. The maximum absolute atomic E-state index is 4.53. The van der Waals surface area contributed by atoms with Crippen LogP contribution >= 0.6 is 0 Å². The summed E-state index contributed by atoms with van der Waals surface area (Å²) >= 11 is 0. The lowest BCUT2D eigenvalue weighted by atomic mass is 9.92. The molecule has 3 nitrogen and oxygen atoms in total. The van der Waals surface area contributed by atoms with E-state index in [9.17, 15) is 0 Å². The van der Waals surface area contributed by atoms with Crippen LogP contribution in [0.5, 0.6) is 0 Å². The van der Waals surface area contributed by atoms with E-state index in [1.165, 1.54) is 71.5 Å². The van der Waals surface area contributed by atoms with Gasteiger partial charge >= 0.3 is 0 Å². The van der Waals surface area contributed by atoms with Crippen molar-refractivity contribution in [1.82, 2.24) is 9.99 Å². The number of aromatic nitrogens is 1. The second-order valence-corrected chi connectivity index (χ2v) is 11.7. The Balaban J connectivity index is 1.14. The van der Waals surface area contributed by atoms with Gasteiger partial charge in [-0.2, -0.15) is 5.10 Å². The third-order valence-corrected chi connectivity index (χ3v) is 9.18. The molecule has 2 heterocycles. The van der Waals surface area contributed by atoms with E-state index < -0.39 is 0 Å². The summed E-state index contributed by atoms with van der Waals surface area (Å²) in [6.07, 6.45) is 1.99. The Morgan fingerprint density at radius 1 is 0.489 bits per heavy atom. The van der Waals surface area contributed by atoms with Gasteiger partial charge in [0.25, 0.3) is 0 Å². The van der Waals surface area contributed by atoms with Crippen molar-refractivity contribution in [1.29, 1.82) is 0 Å². The van der Waals surface area contributed by atoms with Gasteiger partial charge in [-0.15, -0.1) is 0 Å². The molecule has 7 aromatic carbocycles. The van der Waals surface area contributed by atoms with Crippen LogP contribution in [0.3, 0.4) is 0 Å². The molecule has 0 saturated heterocycles. The first-order valence-electron chi connectivity index (χ1n) is 15.4. The van der Waals surface area contributed by atoms with E-state index in [0.717, 1.165) is 11.3 Å². The van der Waals surface area contributed by atoms with E-state index in [0.29, 0.717) is 6.54 Å². The van der Waals surface area contributed by atoms with Crippen LogP contribution in [-0.2, 0) is 6.54 Å². The standard InChI is InChI=1S/C42H29N3/c1-2-8-28(9-3-1)29-14-16-30(17-15-29)31-18-20-32(21-19-31)35-22-23-41(39-27-44-43-26-38(35)39)45-40-13-7-6-12-36(40)37-24-33-10-4-5-11-34(33)25-42(37)45/h1-25,27,43H,26H2. The first kappa shape index (κ1) is 25.6. The van der Waals surface area contributed by atoms with Crippen LogP contribution in [0.1, 0.15) is 11.1 Å². The molecule has 45 heavy (non-hydrogen) atoms. The zero-order chi connectivity index (χ0) is 29.7. The summed E-state index contributed by atoms with van der Waals surface area (Å²) in [5.74, 6) is 0. The summed E-state index contributed by atoms with van der Waals surface area (Å²) in [6.45, 7) is 0.678. The largest absolute Gasteiger partial charge is 0.309 e. The Hall–Kier alpha value is -5.93. The highest BCUT2D eigenvalue weighted by Gasteiger charge is 2.20. The van der Waals surface area contributed by atoms with Crippen molar-refractivity contribution < 1.29 is 0 Å². The molecule has 1 aromatic heterocycles. The van der Waals surface area contributed by atoms with E-state index in [1.54, 1.807) is 0 Å². The lowest BCUT2D eigenvalue weighted by Gasteiger charge is -2.21. The summed E-state index contributed by atoms with van der Waals surface area (Å²) in [4.78, 5) is 0. The van der Waals surface area contributed by atoms with E-state index >= 15 is 0 Å². The molecule has 9 rings (SSSR count). The number of benzene rings is 7. The quantitative estimate of drug-likeness (QED) is 0.222. The van der Waals surface area contributed by atoms with Gasteiger partial charge in [0, 0.05) is 16.3 Å². The summed E-state index contributed by atoms with van der Waals surface area (Å²) < 4.78 is 2.42. The van der Waals surface area contributed by atoms with Crippen molar-refractivity contribution in [2.75, 3.05) is 0 Å². The number of hydrogen-bond acceptors (Lipinski definition) is 2. The number of hydrogen-bond donors (Lipinski definition) is 1. The van der Waals surface area contributed by atoms with Crippen LogP contribution in [-0.4, -0.2) is 10.8 Å². The summed E-state index contributed by atoms with van der Waals surface area (Å²) in [7, 11) is 0. The predicted molar refractivity (Wildman–Crippen MR) is 189 cm³/mol. The SMILES string of the molecule is C1=NNCc2c(-c3ccc(-c4ccc(-c5ccccc5)cc4)cc3)ccc(-n3c4ccccc4c4cc5ccccc5cc43)c21. The average molecular weight is 576 g/mol. The summed E-state index contributed by atoms with van der Waals surface area (Å²) in [5, 5.41) is 9.55. The summed E-state index contributed by atoms with van der Waals surface area (Å²) in [5.41, 5.74) is 16.5. The van der Waals surface area contributed by atoms with Crippen molar-refractivity contribution in [3.63, 3.8) is 0 Å². The van der Waals surface area contributed by atoms with Gasteiger partial charge in [0.2, 0.25) is 0 Å². The zero-order valence-electron chi connectivity index (χ0n) is 24.6. The fourth-order valence-corrected chi connectivity index (χ4v) is 6.93. The molecule has 1 aliphatic heterocycles. The highest BCUT2D eigenvalue weighted by Crippen LogP contribution is 2.38. The molecule has 0 unspecified atom stereocenters. The van der Waals surface area contributed by atoms with Crippen molar-refractivity contribution >= 4 is 38.8 Å². The molecular weight excluding hydrogens is 546 g/mol. The van der Waals surface area contributed by atoms with Crippen LogP contribution in [0, 0.1) is 0 Å². The van der Waals surface area contributed by atoms with E-state index in [1.807, 2.05) is 6.21 Å². The Labute approximate surface area is 261 Å². The molecule has 0 saturated carbocycles. The molecule has 3 heteroatoms. The van der Waals surface area contributed by atoms with Crippen LogP contribution in [0.2, 0.25) is 0 Å². The van der Waals surface area contributed by atoms with Gasteiger partial charge in [0.15, 0.2) is 0 Å². The Morgan fingerprint density at radius 3 is 1.82 bits per heavy atom. The van der Waals surface area contributed by atoms with Gasteiger partial charge in [-0.05, 0) is 74.0 Å². The number of nitrogens with zero attached hydrogens (tertiary/aromatic N) is 2. The molecule has 0 fully saturated rings. The van der Waals surface area contributed by atoms with Gasteiger partial charge in [-0.25, -0.2) is 0 Å². The van der Waals surface area contributed by atoms with Crippen molar-refractivity contribution in [2.24, 2.45) is 5.10 Å². The molecule has 0 amide bonds. The van der Waals surface area contributed by atoms with Crippen LogP contribution in [0.15, 0.2) is 157 Å². The van der Waals surface area contributed by atoms with E-state index in [4.69, 9.17) is 0 Å². The van der Waals surface area contributed by atoms with Gasteiger partial charge in [0.1, 0.15) is 0 Å². The first-order chi connectivity index (χ1) is 22.3. The average Bonchev–Trinajstić information content (AvgIpc) is 3.43. The third-order valence-electron chi connectivity index (χ3n) is 9.18. The fraction of sp³-hybridized carbons (Fsp3) is 0.0238. The highest BCUT2D eigenvalue weighted by atomic mass is 15.3. The Bertz CT molecular complexity index is 2400. The molecule has 212 valence electrons. The minimum atomic E-state index is 0.678. The van der Waals surface area contributed by atoms with Crippen molar-refractivity contribution in [3.05, 3.63) is 163 Å². The van der Waals surface area contributed by atoms with Crippen LogP contribution < -0.4 is 5.43 Å². The van der Waals surface area contributed by atoms with E-state index in [2.05, 4.69) is 167 Å². The van der Waals surface area contributed by atoms with Crippen molar-refractivity contribution in [2.45, 2.75) is 6.54 Å². The molecule has 0 atom stereocenters. The van der Waals surface area contributed by atoms with E-state index in [-0.39, 0.29) is 0 Å². The molecule has 1 N–H and O–H groups in total. The summed E-state index contributed by atoms with van der Waals surface area (Å²) in [6, 6.07) is 54.8. The zero-order valence-corrected chi connectivity index (χ0v) is 24.6. The fourth-order valence-electron chi connectivity index (χ4n) is 6.93. The van der Waals surface area contributed by atoms with Gasteiger partial charge in [-0.3, -0.25) is 0 Å². The highest BCUT2D eigenvalue weighted by molar-refractivity contribution is 6.14. The molecule has 0 aliphatic carbocycles. The van der Waals surface area contributed by atoms with Gasteiger partial charge in [0.05, 0.1) is 29.5 Å². The second-order valence-electron chi connectivity index (χ2n) is 11.7. The minimum absolute atomic E-state index is 0.678. The van der Waals surface area contributed by atoms with Gasteiger partial charge in [-0.1, -0.05) is 127 Å². The predicted octanol–water partition coefficient (Wildman–Crippen LogP) is 10.4. The molecule has 8 aromatic rings. The van der Waals surface area contributed by atoms with Crippen LogP contribution in [0.25, 0.3) is 71.6 Å². The lowest BCUT2D eigenvalue weighted by molar-refractivity contribution is 0.735. The smallest absolute Gasteiger partial charge is 0.0593 e. The van der Waals surface area contributed by atoms with Crippen LogP contribution in [0.4, 0.5) is 0 Å². The lowest BCUT2D eigenvalue weighted by Crippen LogP contribution is -2.17. The molecule has 0 bridgehead atoms. The normalized spacial score (nSPS) is 12.4. The topological polar surface area (TPSA) is 29.3 Å².